The Kier molecular flexibility index (Phi) is 2.70. The van der Waals surface area contributed by atoms with Crippen LogP contribution in [0.5, 0.6) is 0 Å². The highest BCUT2D eigenvalue weighted by Crippen LogP contribution is 2.28. The maximum atomic E-state index is 11.8. The third-order valence-corrected chi connectivity index (χ3v) is 2.26. The largest absolute Gasteiger partial charge is 0.454 e. The van der Waals surface area contributed by atoms with Crippen LogP contribution in [0.2, 0.25) is 0 Å². The van der Waals surface area contributed by atoms with Crippen LogP contribution >= 0.6 is 11.8 Å². The van der Waals surface area contributed by atoms with Gasteiger partial charge in [-0.05, 0) is 5.41 Å². The Labute approximate surface area is 77.1 Å². The van der Waals surface area contributed by atoms with Crippen molar-refractivity contribution in [1.82, 2.24) is 4.90 Å². The van der Waals surface area contributed by atoms with E-state index in [1.165, 1.54) is 4.90 Å². The zero-order chi connectivity index (χ0) is 10.1. The van der Waals surface area contributed by atoms with E-state index in [9.17, 15) is 18.0 Å². The summed E-state index contributed by atoms with van der Waals surface area (Å²) in [5, 5.41) is 1.89. The van der Waals surface area contributed by atoms with Gasteiger partial charge in [-0.1, -0.05) is 11.8 Å². The van der Waals surface area contributed by atoms with Gasteiger partial charge in [-0.15, -0.1) is 0 Å². The Balaban J connectivity index is 2.73. The Morgan fingerprint density at radius 2 is 2.23 bits per heavy atom. The molecule has 0 saturated carbocycles. The molecule has 1 aliphatic heterocycles. The molecular formula is C7H6F3NOS. The van der Waals surface area contributed by atoms with Crippen molar-refractivity contribution in [1.29, 1.82) is 0 Å². The van der Waals surface area contributed by atoms with Gasteiger partial charge in [0, 0.05) is 19.3 Å². The number of hydrogen-bond acceptors (Lipinski definition) is 3. The molecule has 1 heterocycles. The Morgan fingerprint density at radius 3 is 2.62 bits per heavy atom. The van der Waals surface area contributed by atoms with E-state index in [1.807, 2.05) is 0 Å². The molecule has 0 aromatic carbocycles. The van der Waals surface area contributed by atoms with Crippen molar-refractivity contribution in [2.24, 2.45) is 0 Å². The summed E-state index contributed by atoms with van der Waals surface area (Å²) in [6.07, 6.45) is -2.61. The number of ketones is 1. The lowest BCUT2D eigenvalue weighted by atomic mass is 10.4. The third-order valence-electron chi connectivity index (χ3n) is 1.35. The topological polar surface area (TPSA) is 20.3 Å². The van der Waals surface area contributed by atoms with E-state index in [4.69, 9.17) is 0 Å². The van der Waals surface area contributed by atoms with Gasteiger partial charge in [0.05, 0.1) is 5.03 Å². The molecule has 0 radical (unpaired) electrons. The van der Waals surface area contributed by atoms with Crippen LogP contribution in [-0.4, -0.2) is 23.9 Å². The molecule has 6 heteroatoms. The summed E-state index contributed by atoms with van der Waals surface area (Å²) in [5.74, 6) is -1.83. The van der Waals surface area contributed by atoms with Crippen molar-refractivity contribution < 1.29 is 18.0 Å². The molecule has 0 aromatic rings. The van der Waals surface area contributed by atoms with E-state index in [0.717, 1.165) is 11.8 Å². The summed E-state index contributed by atoms with van der Waals surface area (Å²) in [4.78, 5) is 11.9. The van der Waals surface area contributed by atoms with Gasteiger partial charge in [0.15, 0.2) is 0 Å². The van der Waals surface area contributed by atoms with Gasteiger partial charge in [-0.3, -0.25) is 4.79 Å². The predicted molar refractivity (Wildman–Crippen MR) is 43.6 cm³/mol. The van der Waals surface area contributed by atoms with Gasteiger partial charge in [0.2, 0.25) is 0 Å². The lowest BCUT2D eigenvalue weighted by Crippen LogP contribution is -2.21. The van der Waals surface area contributed by atoms with E-state index >= 15 is 0 Å². The summed E-state index contributed by atoms with van der Waals surface area (Å²) in [5.41, 5.74) is 0. The number of rotatable bonds is 1. The second kappa shape index (κ2) is 3.45. The molecular weight excluding hydrogens is 203 g/mol. The predicted octanol–water partition coefficient (Wildman–Crippen LogP) is 2.11. The first-order chi connectivity index (χ1) is 5.91. The summed E-state index contributed by atoms with van der Waals surface area (Å²) in [6.45, 7) is 0. The van der Waals surface area contributed by atoms with E-state index in [2.05, 4.69) is 0 Å². The third kappa shape index (κ3) is 2.51. The molecule has 0 bridgehead atoms. The molecule has 2 nitrogen and oxygen atoms in total. The highest BCUT2D eigenvalue weighted by molar-refractivity contribution is 8.06. The zero-order valence-electron chi connectivity index (χ0n) is 6.63. The highest BCUT2D eigenvalue weighted by Gasteiger charge is 2.37. The molecule has 0 atom stereocenters. The lowest BCUT2D eigenvalue weighted by Gasteiger charge is -2.09. The molecule has 0 amide bonds. The summed E-state index contributed by atoms with van der Waals surface area (Å²) < 4.78 is 35.4. The molecule has 0 unspecified atom stereocenters. The lowest BCUT2D eigenvalue weighted by molar-refractivity contribution is -0.165. The van der Waals surface area contributed by atoms with E-state index in [1.54, 1.807) is 18.7 Å². The average Bonchev–Trinajstić information content (AvgIpc) is 2.34. The first kappa shape index (κ1) is 10.2. The normalized spacial score (nSPS) is 20.0. The van der Waals surface area contributed by atoms with Gasteiger partial charge >= 0.3 is 6.18 Å². The summed E-state index contributed by atoms with van der Waals surface area (Å²) in [6, 6.07) is 0. The molecule has 1 aliphatic rings. The fraction of sp³-hybridized carbons (Fsp3) is 0.286. The second-order valence-electron chi connectivity index (χ2n) is 2.36. The standard InChI is InChI=1S/C7H6F3NOS/c1-11-2-3-13-6(11)4-5(12)7(8,9)10/h2-4H,1H3/b6-4+. The quantitative estimate of drug-likeness (QED) is 0.617. The smallest absolute Gasteiger partial charge is 0.345 e. The zero-order valence-corrected chi connectivity index (χ0v) is 7.45. The highest BCUT2D eigenvalue weighted by atomic mass is 32.2. The maximum Gasteiger partial charge on any atom is 0.454 e. The SMILES string of the molecule is CN1C=CS/C1=C/C(=O)C(F)(F)F. The Hall–Kier alpha value is -0.910. The molecule has 1 rings (SSSR count). The second-order valence-corrected chi connectivity index (χ2v) is 3.28. The fourth-order valence-corrected chi connectivity index (χ4v) is 1.46. The maximum absolute atomic E-state index is 11.8. The number of carbonyl (C=O) groups is 1. The van der Waals surface area contributed by atoms with Crippen molar-refractivity contribution in [3.63, 3.8) is 0 Å². The van der Waals surface area contributed by atoms with Gasteiger partial charge in [-0.25, -0.2) is 0 Å². The number of nitrogens with zero attached hydrogens (tertiary/aromatic N) is 1. The number of hydrogen-bond donors (Lipinski definition) is 0. The molecule has 72 valence electrons. The monoisotopic (exact) mass is 209 g/mol. The van der Waals surface area contributed by atoms with Crippen LogP contribution in [0.15, 0.2) is 22.7 Å². The molecule has 0 fully saturated rings. The van der Waals surface area contributed by atoms with Crippen molar-refractivity contribution >= 4 is 17.5 Å². The van der Waals surface area contributed by atoms with Crippen LogP contribution in [0, 0.1) is 0 Å². The van der Waals surface area contributed by atoms with E-state index in [-0.39, 0.29) is 5.03 Å². The molecule has 0 aliphatic carbocycles. The summed E-state index contributed by atoms with van der Waals surface area (Å²) >= 11 is 1.08. The average molecular weight is 209 g/mol. The molecule has 0 aromatic heterocycles. The Bertz CT molecular complexity index is 282. The molecule has 0 saturated heterocycles. The van der Waals surface area contributed by atoms with Crippen LogP contribution in [0.25, 0.3) is 0 Å². The van der Waals surface area contributed by atoms with Gasteiger partial charge in [-0.2, -0.15) is 13.2 Å². The Morgan fingerprint density at radius 1 is 1.62 bits per heavy atom. The van der Waals surface area contributed by atoms with Gasteiger partial charge in [0.25, 0.3) is 5.78 Å². The number of alkyl halides is 3. The van der Waals surface area contributed by atoms with Crippen LogP contribution in [-0.2, 0) is 4.79 Å². The summed E-state index contributed by atoms with van der Waals surface area (Å²) in [7, 11) is 1.58. The van der Waals surface area contributed by atoms with Crippen LogP contribution in [0.3, 0.4) is 0 Å². The number of carbonyl (C=O) groups excluding carboxylic acids is 1. The van der Waals surface area contributed by atoms with Gasteiger partial charge in [0.1, 0.15) is 0 Å². The first-order valence-corrected chi connectivity index (χ1v) is 4.18. The molecule has 13 heavy (non-hydrogen) atoms. The van der Waals surface area contributed by atoms with E-state index < -0.39 is 12.0 Å². The van der Waals surface area contributed by atoms with Crippen LogP contribution in [0.4, 0.5) is 13.2 Å². The van der Waals surface area contributed by atoms with Crippen molar-refractivity contribution in [3.8, 4) is 0 Å². The van der Waals surface area contributed by atoms with Crippen molar-refractivity contribution in [2.75, 3.05) is 7.05 Å². The number of allylic oxidation sites excluding steroid dienone is 1. The minimum Gasteiger partial charge on any atom is -0.345 e. The molecule has 0 N–H and O–H groups in total. The minimum absolute atomic E-state index is 0.280. The first-order valence-electron chi connectivity index (χ1n) is 3.30. The fourth-order valence-electron chi connectivity index (χ4n) is 0.678. The number of halogens is 3. The van der Waals surface area contributed by atoms with Crippen LogP contribution in [0.1, 0.15) is 0 Å². The minimum atomic E-state index is -4.78. The van der Waals surface area contributed by atoms with Gasteiger partial charge < -0.3 is 4.90 Å². The van der Waals surface area contributed by atoms with Crippen molar-refractivity contribution in [3.05, 3.63) is 22.7 Å². The van der Waals surface area contributed by atoms with Crippen LogP contribution < -0.4 is 0 Å². The number of thioether (sulfide) groups is 1. The van der Waals surface area contributed by atoms with Crippen molar-refractivity contribution in [2.45, 2.75) is 6.18 Å². The van der Waals surface area contributed by atoms with E-state index in [0.29, 0.717) is 6.08 Å². The molecule has 0 spiro atoms.